The lowest BCUT2D eigenvalue weighted by molar-refractivity contribution is 0.0746. The minimum Gasteiger partial charge on any atom is -0.490 e. The Labute approximate surface area is 140 Å². The Bertz CT molecular complexity index is 606. The molecule has 124 valence electrons. The van der Waals surface area contributed by atoms with Crippen molar-refractivity contribution in [3.05, 3.63) is 23.2 Å². The van der Waals surface area contributed by atoms with E-state index in [1.165, 1.54) is 0 Å². The Morgan fingerprint density at radius 3 is 2.70 bits per heavy atom. The molecule has 0 saturated carbocycles. The van der Waals surface area contributed by atoms with Crippen LogP contribution in [0.2, 0.25) is 5.02 Å². The number of anilines is 1. The van der Waals surface area contributed by atoms with Crippen LogP contribution < -0.4 is 10.1 Å². The number of para-hydroxylation sites is 1. The van der Waals surface area contributed by atoms with Crippen LogP contribution in [0.3, 0.4) is 0 Å². The van der Waals surface area contributed by atoms with Crippen molar-refractivity contribution in [2.45, 2.75) is 32.0 Å². The topological polar surface area (TPSA) is 50.8 Å². The molecule has 0 radical (unpaired) electrons. The third-order valence-electron chi connectivity index (χ3n) is 5.24. The SMILES string of the molecule is CCOc1c(Cl)cccc1NC(=O)N1CC2C3CCC(O3)C2C1. The van der Waals surface area contributed by atoms with Gasteiger partial charge in [-0.15, -0.1) is 0 Å². The maximum Gasteiger partial charge on any atom is 0.321 e. The number of amides is 2. The van der Waals surface area contributed by atoms with E-state index in [9.17, 15) is 4.79 Å². The fraction of sp³-hybridized carbons (Fsp3) is 0.588. The third kappa shape index (κ3) is 2.56. The van der Waals surface area contributed by atoms with Crippen molar-refractivity contribution in [1.82, 2.24) is 4.90 Å². The molecule has 3 aliphatic heterocycles. The van der Waals surface area contributed by atoms with E-state index in [0.29, 0.717) is 47.1 Å². The Kier molecular flexibility index (Phi) is 3.85. The summed E-state index contributed by atoms with van der Waals surface area (Å²) in [6, 6.07) is 5.31. The highest BCUT2D eigenvalue weighted by Gasteiger charge is 2.53. The van der Waals surface area contributed by atoms with Crippen LogP contribution in [-0.4, -0.2) is 42.8 Å². The summed E-state index contributed by atoms with van der Waals surface area (Å²) in [7, 11) is 0. The first-order valence-electron chi connectivity index (χ1n) is 8.30. The van der Waals surface area contributed by atoms with Gasteiger partial charge in [-0.25, -0.2) is 4.79 Å². The van der Waals surface area contributed by atoms with Crippen LogP contribution in [0.15, 0.2) is 18.2 Å². The molecule has 23 heavy (non-hydrogen) atoms. The third-order valence-corrected chi connectivity index (χ3v) is 5.53. The van der Waals surface area contributed by atoms with Gasteiger partial charge in [-0.05, 0) is 31.9 Å². The molecule has 2 amide bonds. The average Bonchev–Trinajstić information content (AvgIpc) is 3.22. The Hall–Kier alpha value is -1.46. The van der Waals surface area contributed by atoms with Gasteiger partial charge in [0.05, 0.1) is 29.5 Å². The smallest absolute Gasteiger partial charge is 0.321 e. The molecule has 4 rings (SSSR count). The molecule has 3 heterocycles. The summed E-state index contributed by atoms with van der Waals surface area (Å²) in [4.78, 5) is 14.5. The molecule has 4 atom stereocenters. The summed E-state index contributed by atoms with van der Waals surface area (Å²) in [5.74, 6) is 1.54. The fourth-order valence-electron chi connectivity index (χ4n) is 4.22. The van der Waals surface area contributed by atoms with Crippen molar-refractivity contribution >= 4 is 23.3 Å². The number of fused-ring (bicyclic) bond motifs is 5. The maximum absolute atomic E-state index is 12.6. The predicted octanol–water partition coefficient (Wildman–Crippen LogP) is 3.38. The number of likely N-dealkylation sites (tertiary alicyclic amines) is 1. The fourth-order valence-corrected chi connectivity index (χ4v) is 4.45. The molecule has 6 heteroatoms. The highest BCUT2D eigenvalue weighted by molar-refractivity contribution is 6.32. The number of carbonyl (C=O) groups excluding carboxylic acids is 1. The summed E-state index contributed by atoms with van der Waals surface area (Å²) >= 11 is 6.17. The molecular weight excluding hydrogens is 316 g/mol. The predicted molar refractivity (Wildman–Crippen MR) is 88.1 cm³/mol. The van der Waals surface area contributed by atoms with Crippen molar-refractivity contribution in [3.63, 3.8) is 0 Å². The number of ether oxygens (including phenoxy) is 2. The first kappa shape index (κ1) is 15.1. The van der Waals surface area contributed by atoms with Gasteiger partial charge in [0.25, 0.3) is 0 Å². The number of hydrogen-bond acceptors (Lipinski definition) is 3. The zero-order chi connectivity index (χ0) is 16.0. The van der Waals surface area contributed by atoms with Crippen molar-refractivity contribution in [2.75, 3.05) is 25.0 Å². The van der Waals surface area contributed by atoms with Gasteiger partial charge in [0, 0.05) is 24.9 Å². The number of urea groups is 1. The summed E-state index contributed by atoms with van der Waals surface area (Å²) in [5.41, 5.74) is 0.626. The van der Waals surface area contributed by atoms with Crippen LogP contribution in [0.4, 0.5) is 10.5 Å². The minimum atomic E-state index is -0.0815. The summed E-state index contributed by atoms with van der Waals surface area (Å²) in [6.07, 6.45) is 3.00. The molecule has 0 aromatic heterocycles. The molecule has 4 unspecified atom stereocenters. The molecular formula is C17H21ClN2O3. The van der Waals surface area contributed by atoms with E-state index in [-0.39, 0.29) is 6.03 Å². The number of carbonyl (C=O) groups is 1. The van der Waals surface area contributed by atoms with Gasteiger partial charge in [0.1, 0.15) is 0 Å². The Balaban J connectivity index is 1.46. The first-order chi connectivity index (χ1) is 11.2. The van der Waals surface area contributed by atoms with Crippen molar-refractivity contribution in [2.24, 2.45) is 11.8 Å². The van der Waals surface area contributed by atoms with E-state index in [4.69, 9.17) is 21.1 Å². The molecule has 1 aromatic rings. The van der Waals surface area contributed by atoms with Crippen LogP contribution in [0, 0.1) is 11.8 Å². The highest BCUT2D eigenvalue weighted by Crippen LogP contribution is 2.47. The van der Waals surface area contributed by atoms with E-state index in [2.05, 4.69) is 5.32 Å². The second kappa shape index (κ2) is 5.87. The van der Waals surface area contributed by atoms with Crippen LogP contribution in [-0.2, 0) is 4.74 Å². The van der Waals surface area contributed by atoms with Gasteiger partial charge in [-0.1, -0.05) is 17.7 Å². The normalized spacial score (nSPS) is 31.3. The number of rotatable bonds is 3. The van der Waals surface area contributed by atoms with E-state index < -0.39 is 0 Å². The van der Waals surface area contributed by atoms with Crippen molar-refractivity contribution in [3.8, 4) is 5.75 Å². The van der Waals surface area contributed by atoms with Crippen LogP contribution in [0.5, 0.6) is 5.75 Å². The van der Waals surface area contributed by atoms with Crippen LogP contribution in [0.25, 0.3) is 0 Å². The van der Waals surface area contributed by atoms with Crippen molar-refractivity contribution < 1.29 is 14.3 Å². The van der Waals surface area contributed by atoms with Gasteiger partial charge in [-0.3, -0.25) is 0 Å². The number of halogens is 1. The highest BCUT2D eigenvalue weighted by atomic mass is 35.5. The zero-order valence-electron chi connectivity index (χ0n) is 13.1. The standard InChI is InChI=1S/C17H21ClN2O3/c1-2-22-16-12(18)4-3-5-13(16)19-17(21)20-8-10-11(9-20)15-7-6-14(10)23-15/h3-5,10-11,14-15H,2,6-9H2,1H3,(H,19,21). The minimum absolute atomic E-state index is 0.0815. The quantitative estimate of drug-likeness (QED) is 0.920. The van der Waals surface area contributed by atoms with Crippen molar-refractivity contribution in [1.29, 1.82) is 0 Å². The lowest BCUT2D eigenvalue weighted by Gasteiger charge is -2.20. The van der Waals surface area contributed by atoms with Gasteiger partial charge in [-0.2, -0.15) is 0 Å². The van der Waals surface area contributed by atoms with E-state index >= 15 is 0 Å². The largest absolute Gasteiger partial charge is 0.490 e. The van der Waals surface area contributed by atoms with Gasteiger partial charge in [0.15, 0.2) is 5.75 Å². The van der Waals surface area contributed by atoms with E-state index in [1.54, 1.807) is 6.07 Å². The van der Waals surface area contributed by atoms with E-state index in [1.807, 2.05) is 24.0 Å². The Morgan fingerprint density at radius 1 is 1.35 bits per heavy atom. The molecule has 0 aliphatic carbocycles. The van der Waals surface area contributed by atoms with E-state index in [0.717, 1.165) is 25.9 Å². The molecule has 0 spiro atoms. The maximum atomic E-state index is 12.6. The van der Waals surface area contributed by atoms with Crippen LogP contribution in [0.1, 0.15) is 19.8 Å². The molecule has 2 bridgehead atoms. The summed E-state index contributed by atoms with van der Waals surface area (Å²) < 4.78 is 11.5. The van der Waals surface area contributed by atoms with Crippen LogP contribution >= 0.6 is 11.6 Å². The molecule has 3 saturated heterocycles. The summed E-state index contributed by atoms with van der Waals surface area (Å²) in [6.45, 7) is 3.96. The van der Waals surface area contributed by atoms with Gasteiger partial charge < -0.3 is 19.7 Å². The molecule has 3 fully saturated rings. The van der Waals surface area contributed by atoms with Gasteiger partial charge >= 0.3 is 6.03 Å². The monoisotopic (exact) mass is 336 g/mol. The summed E-state index contributed by atoms with van der Waals surface area (Å²) in [5, 5.41) is 3.46. The molecule has 5 nitrogen and oxygen atoms in total. The first-order valence-corrected chi connectivity index (χ1v) is 8.68. The second-order valence-corrected chi connectivity index (χ2v) is 6.91. The number of hydrogen-bond donors (Lipinski definition) is 1. The molecule has 1 N–H and O–H groups in total. The molecule has 1 aromatic carbocycles. The number of nitrogens with one attached hydrogen (secondary N) is 1. The average molecular weight is 337 g/mol. The lowest BCUT2D eigenvalue weighted by Crippen LogP contribution is -2.35. The lowest BCUT2D eigenvalue weighted by atomic mass is 9.82. The Morgan fingerprint density at radius 2 is 2.04 bits per heavy atom. The number of benzene rings is 1. The van der Waals surface area contributed by atoms with Gasteiger partial charge in [0.2, 0.25) is 0 Å². The molecule has 3 aliphatic rings. The zero-order valence-corrected chi connectivity index (χ0v) is 13.9. The second-order valence-electron chi connectivity index (χ2n) is 6.50. The number of nitrogens with zero attached hydrogens (tertiary/aromatic N) is 1.